The van der Waals surface area contributed by atoms with Crippen LogP contribution < -0.4 is 10.6 Å². The van der Waals surface area contributed by atoms with Crippen molar-refractivity contribution in [3.8, 4) is 0 Å². The van der Waals surface area contributed by atoms with Crippen molar-refractivity contribution < 1.29 is 0 Å². The van der Waals surface area contributed by atoms with Gasteiger partial charge in [0, 0.05) is 23.8 Å². The molecule has 0 atom stereocenters. The Labute approximate surface area is 102 Å². The van der Waals surface area contributed by atoms with Gasteiger partial charge in [-0.3, -0.25) is 0 Å². The Morgan fingerprint density at radius 1 is 1.38 bits per heavy atom. The number of benzene rings is 1. The fourth-order valence-corrected chi connectivity index (χ4v) is 2.38. The molecular weight excluding hydrogens is 220 g/mol. The second-order valence-corrected chi connectivity index (χ2v) is 5.01. The van der Waals surface area contributed by atoms with Gasteiger partial charge in [0.2, 0.25) is 0 Å². The smallest absolute Gasteiger partial charge is 0.0455 e. The molecule has 0 radical (unpaired) electrons. The van der Waals surface area contributed by atoms with E-state index in [4.69, 9.17) is 17.3 Å². The number of halogens is 1. The van der Waals surface area contributed by atoms with Crippen LogP contribution in [0.2, 0.25) is 5.02 Å². The average molecular weight is 239 g/mol. The molecule has 1 aliphatic heterocycles. The highest BCUT2D eigenvalue weighted by Crippen LogP contribution is 2.26. The molecule has 0 saturated carbocycles. The number of piperidine rings is 1. The highest BCUT2D eigenvalue weighted by atomic mass is 35.5. The topological polar surface area (TPSA) is 29.3 Å². The van der Waals surface area contributed by atoms with Crippen LogP contribution in [-0.2, 0) is 0 Å². The molecule has 1 saturated heterocycles. The normalized spacial score (nSPS) is 17.8. The number of hydrogen-bond acceptors (Lipinski definition) is 2. The number of aryl methyl sites for hydroxylation is 1. The largest absolute Gasteiger partial charge is 0.371 e. The first kappa shape index (κ1) is 11.7. The monoisotopic (exact) mass is 238 g/mol. The molecule has 16 heavy (non-hydrogen) atoms. The van der Waals surface area contributed by atoms with Crippen LogP contribution in [0.1, 0.15) is 18.4 Å². The zero-order valence-electron chi connectivity index (χ0n) is 9.75. The Hall–Kier alpha value is -0.730. The van der Waals surface area contributed by atoms with E-state index in [9.17, 15) is 0 Å². The van der Waals surface area contributed by atoms with Gasteiger partial charge in [-0.05, 0) is 49.9 Å². The van der Waals surface area contributed by atoms with E-state index in [0.29, 0.717) is 5.92 Å². The number of hydrogen-bond donors (Lipinski definition) is 1. The molecule has 3 heteroatoms. The van der Waals surface area contributed by atoms with E-state index in [2.05, 4.69) is 23.1 Å². The van der Waals surface area contributed by atoms with E-state index in [-0.39, 0.29) is 0 Å². The van der Waals surface area contributed by atoms with Gasteiger partial charge in [-0.15, -0.1) is 0 Å². The first-order chi connectivity index (χ1) is 7.70. The lowest BCUT2D eigenvalue weighted by Crippen LogP contribution is -2.36. The molecule has 0 bridgehead atoms. The molecule has 0 aliphatic carbocycles. The molecule has 1 aromatic rings. The first-order valence-corrected chi connectivity index (χ1v) is 6.29. The summed E-state index contributed by atoms with van der Waals surface area (Å²) in [5.41, 5.74) is 8.07. The van der Waals surface area contributed by atoms with Crippen LogP contribution in [0.25, 0.3) is 0 Å². The van der Waals surface area contributed by atoms with Crippen molar-refractivity contribution in [2.45, 2.75) is 19.8 Å². The maximum absolute atomic E-state index is 6.14. The van der Waals surface area contributed by atoms with E-state index in [1.54, 1.807) is 0 Å². The molecule has 0 spiro atoms. The minimum absolute atomic E-state index is 0.706. The van der Waals surface area contributed by atoms with Gasteiger partial charge in [-0.1, -0.05) is 17.7 Å². The van der Waals surface area contributed by atoms with Crippen molar-refractivity contribution in [2.75, 3.05) is 24.5 Å². The summed E-state index contributed by atoms with van der Waals surface area (Å²) in [5, 5.41) is 0.860. The third kappa shape index (κ3) is 2.50. The molecule has 1 heterocycles. The molecule has 2 rings (SSSR count). The third-order valence-electron chi connectivity index (χ3n) is 3.47. The van der Waals surface area contributed by atoms with Gasteiger partial charge in [-0.2, -0.15) is 0 Å². The van der Waals surface area contributed by atoms with Gasteiger partial charge in [0.05, 0.1) is 0 Å². The molecule has 2 N–H and O–H groups in total. The SMILES string of the molecule is Cc1ccc(N2CCC(CN)CC2)cc1Cl. The summed E-state index contributed by atoms with van der Waals surface area (Å²) in [6.07, 6.45) is 2.39. The molecule has 88 valence electrons. The predicted molar refractivity (Wildman–Crippen MR) is 70.2 cm³/mol. The summed E-state index contributed by atoms with van der Waals surface area (Å²) in [4.78, 5) is 2.40. The lowest BCUT2D eigenvalue weighted by molar-refractivity contribution is 0.414. The summed E-state index contributed by atoms with van der Waals surface area (Å²) >= 11 is 6.14. The molecule has 0 unspecified atom stereocenters. The van der Waals surface area contributed by atoms with Gasteiger partial charge < -0.3 is 10.6 Å². The second-order valence-electron chi connectivity index (χ2n) is 4.60. The minimum Gasteiger partial charge on any atom is -0.371 e. The van der Waals surface area contributed by atoms with E-state index >= 15 is 0 Å². The van der Waals surface area contributed by atoms with Crippen LogP contribution in [0.15, 0.2) is 18.2 Å². The van der Waals surface area contributed by atoms with E-state index < -0.39 is 0 Å². The Bertz CT molecular complexity index is 357. The quantitative estimate of drug-likeness (QED) is 0.859. The summed E-state index contributed by atoms with van der Waals surface area (Å²) in [6.45, 7) is 5.05. The highest BCUT2D eigenvalue weighted by molar-refractivity contribution is 6.31. The molecule has 0 aromatic heterocycles. The summed E-state index contributed by atoms with van der Waals surface area (Å²) in [7, 11) is 0. The zero-order valence-corrected chi connectivity index (χ0v) is 10.5. The van der Waals surface area contributed by atoms with Crippen LogP contribution in [0, 0.1) is 12.8 Å². The number of nitrogens with zero attached hydrogens (tertiary/aromatic N) is 1. The van der Waals surface area contributed by atoms with Crippen molar-refractivity contribution in [3.63, 3.8) is 0 Å². The van der Waals surface area contributed by atoms with Gasteiger partial charge >= 0.3 is 0 Å². The number of rotatable bonds is 2. The molecular formula is C13H19ClN2. The van der Waals surface area contributed by atoms with E-state index in [1.165, 1.54) is 18.5 Å². The van der Waals surface area contributed by atoms with Gasteiger partial charge in [0.1, 0.15) is 0 Å². The van der Waals surface area contributed by atoms with Crippen LogP contribution in [0.3, 0.4) is 0 Å². The fourth-order valence-electron chi connectivity index (χ4n) is 2.21. The van der Waals surface area contributed by atoms with Crippen molar-refractivity contribution in [1.82, 2.24) is 0 Å². The van der Waals surface area contributed by atoms with E-state index in [1.807, 2.05) is 6.92 Å². The van der Waals surface area contributed by atoms with Crippen molar-refractivity contribution in [3.05, 3.63) is 28.8 Å². The van der Waals surface area contributed by atoms with Crippen molar-refractivity contribution in [2.24, 2.45) is 11.7 Å². The van der Waals surface area contributed by atoms with Crippen LogP contribution in [-0.4, -0.2) is 19.6 Å². The Kier molecular flexibility index (Phi) is 3.72. The predicted octanol–water partition coefficient (Wildman–Crippen LogP) is 2.82. The fraction of sp³-hybridized carbons (Fsp3) is 0.538. The number of anilines is 1. The third-order valence-corrected chi connectivity index (χ3v) is 3.88. The Morgan fingerprint density at radius 2 is 2.06 bits per heavy atom. The zero-order chi connectivity index (χ0) is 11.5. The second kappa shape index (κ2) is 5.07. The van der Waals surface area contributed by atoms with Gasteiger partial charge in [0.15, 0.2) is 0 Å². The first-order valence-electron chi connectivity index (χ1n) is 5.92. The lowest BCUT2D eigenvalue weighted by Gasteiger charge is -2.33. The summed E-state index contributed by atoms with van der Waals surface area (Å²) < 4.78 is 0. The lowest BCUT2D eigenvalue weighted by atomic mass is 9.97. The minimum atomic E-state index is 0.706. The molecule has 2 nitrogen and oxygen atoms in total. The molecule has 0 amide bonds. The summed E-state index contributed by atoms with van der Waals surface area (Å²) in [5.74, 6) is 0.706. The standard InChI is InChI=1S/C13H19ClN2/c1-10-2-3-12(8-13(10)14)16-6-4-11(9-15)5-7-16/h2-3,8,11H,4-7,9,15H2,1H3. The number of nitrogens with two attached hydrogens (primary N) is 1. The van der Waals surface area contributed by atoms with Gasteiger partial charge in [-0.25, -0.2) is 0 Å². The molecule has 1 fully saturated rings. The average Bonchev–Trinajstić information content (AvgIpc) is 2.33. The van der Waals surface area contributed by atoms with Crippen LogP contribution >= 0.6 is 11.6 Å². The Balaban J connectivity index is 2.05. The van der Waals surface area contributed by atoms with Crippen molar-refractivity contribution >= 4 is 17.3 Å². The molecule has 1 aromatic carbocycles. The highest BCUT2D eigenvalue weighted by Gasteiger charge is 2.18. The maximum atomic E-state index is 6.14. The van der Waals surface area contributed by atoms with Gasteiger partial charge in [0.25, 0.3) is 0 Å². The van der Waals surface area contributed by atoms with Crippen molar-refractivity contribution in [1.29, 1.82) is 0 Å². The maximum Gasteiger partial charge on any atom is 0.0455 e. The van der Waals surface area contributed by atoms with Crippen LogP contribution in [0.5, 0.6) is 0 Å². The van der Waals surface area contributed by atoms with E-state index in [0.717, 1.165) is 30.2 Å². The molecule has 1 aliphatic rings. The Morgan fingerprint density at radius 3 is 2.62 bits per heavy atom. The van der Waals surface area contributed by atoms with Crippen LogP contribution in [0.4, 0.5) is 5.69 Å². The summed E-state index contributed by atoms with van der Waals surface area (Å²) in [6, 6.07) is 6.32.